The van der Waals surface area contributed by atoms with Gasteiger partial charge in [-0.2, -0.15) is 0 Å². The number of allylic oxidation sites excluding steroid dienone is 14. The molecule has 0 radical (unpaired) electrons. The molecular formula is C34H42. The van der Waals surface area contributed by atoms with Crippen LogP contribution in [0.15, 0.2) is 114 Å². The molecule has 0 aliphatic heterocycles. The van der Waals surface area contributed by atoms with Crippen LogP contribution in [-0.2, 0) is 5.41 Å². The van der Waals surface area contributed by atoms with E-state index in [0.717, 1.165) is 12.0 Å². The van der Waals surface area contributed by atoms with E-state index in [9.17, 15) is 0 Å². The van der Waals surface area contributed by atoms with Crippen molar-refractivity contribution in [3.63, 3.8) is 0 Å². The van der Waals surface area contributed by atoms with Gasteiger partial charge < -0.3 is 0 Å². The van der Waals surface area contributed by atoms with Crippen LogP contribution in [0.5, 0.6) is 0 Å². The third kappa shape index (κ3) is 5.10. The van der Waals surface area contributed by atoms with Gasteiger partial charge in [0, 0.05) is 5.41 Å². The maximum Gasteiger partial charge on any atom is 0.0712 e. The Bertz CT molecular complexity index is 1130. The number of hydrogen-bond acceptors (Lipinski definition) is 0. The Labute approximate surface area is 209 Å². The Morgan fingerprint density at radius 2 is 1.74 bits per heavy atom. The molecule has 34 heavy (non-hydrogen) atoms. The van der Waals surface area contributed by atoms with Gasteiger partial charge in [0.15, 0.2) is 0 Å². The molecule has 0 saturated carbocycles. The van der Waals surface area contributed by atoms with Crippen molar-refractivity contribution in [3.8, 4) is 12.3 Å². The minimum absolute atomic E-state index is 0. The van der Waals surface area contributed by atoms with Crippen molar-refractivity contribution in [2.75, 3.05) is 0 Å². The van der Waals surface area contributed by atoms with Crippen LogP contribution in [0.4, 0.5) is 0 Å². The van der Waals surface area contributed by atoms with Gasteiger partial charge in [0.25, 0.3) is 0 Å². The molecule has 0 nitrogen and oxygen atoms in total. The van der Waals surface area contributed by atoms with Gasteiger partial charge in [-0.05, 0) is 66.2 Å². The lowest BCUT2D eigenvalue weighted by molar-refractivity contribution is 0.625. The van der Waals surface area contributed by atoms with Crippen LogP contribution in [0.3, 0.4) is 0 Å². The minimum atomic E-state index is -0.407. The lowest BCUT2D eigenvalue weighted by Gasteiger charge is -2.37. The predicted molar refractivity (Wildman–Crippen MR) is 155 cm³/mol. The van der Waals surface area contributed by atoms with Gasteiger partial charge in [0.1, 0.15) is 0 Å². The van der Waals surface area contributed by atoms with Crippen LogP contribution in [0.1, 0.15) is 66.5 Å². The van der Waals surface area contributed by atoms with E-state index in [4.69, 9.17) is 0 Å². The second-order valence-electron chi connectivity index (χ2n) is 8.98. The molecule has 1 unspecified atom stereocenters. The first kappa shape index (κ1) is 28.7. The molecule has 0 heterocycles. The molecule has 0 saturated heterocycles. The van der Waals surface area contributed by atoms with E-state index in [1.807, 2.05) is 12.2 Å². The van der Waals surface area contributed by atoms with E-state index in [2.05, 4.69) is 127 Å². The van der Waals surface area contributed by atoms with Crippen molar-refractivity contribution < 1.29 is 0 Å². The summed E-state index contributed by atoms with van der Waals surface area (Å²) in [6.07, 6.45) is 25.3. The number of benzene rings is 1. The molecule has 0 amide bonds. The van der Waals surface area contributed by atoms with Crippen LogP contribution < -0.4 is 0 Å². The fourth-order valence-electron chi connectivity index (χ4n) is 4.93. The van der Waals surface area contributed by atoms with Crippen molar-refractivity contribution >= 4 is 5.57 Å². The Balaban J connectivity index is 0.00000137. The molecule has 3 rings (SSSR count). The van der Waals surface area contributed by atoms with Crippen LogP contribution in [0.25, 0.3) is 5.57 Å². The van der Waals surface area contributed by atoms with Gasteiger partial charge in [0.2, 0.25) is 0 Å². The average molecular weight is 451 g/mol. The Morgan fingerprint density at radius 3 is 2.29 bits per heavy atom. The maximum atomic E-state index is 4.60. The number of fused-ring (bicyclic) bond motifs is 1. The molecule has 1 atom stereocenters. The fraction of sp³-hybridized carbons (Fsp3) is 0.294. The highest BCUT2D eigenvalue weighted by Gasteiger charge is 2.48. The number of rotatable bonds is 6. The molecule has 1 aromatic rings. The summed E-state index contributed by atoms with van der Waals surface area (Å²) < 4.78 is 0. The summed E-state index contributed by atoms with van der Waals surface area (Å²) >= 11 is 0. The first-order valence-corrected chi connectivity index (χ1v) is 11.7. The smallest absolute Gasteiger partial charge is 0.0712 e. The lowest BCUT2D eigenvalue weighted by atomic mass is 9.64. The predicted octanol–water partition coefficient (Wildman–Crippen LogP) is 9.72. The van der Waals surface area contributed by atoms with E-state index in [-0.39, 0.29) is 12.8 Å². The monoisotopic (exact) mass is 450 g/mol. The van der Waals surface area contributed by atoms with Gasteiger partial charge in [-0.15, -0.1) is 12.3 Å². The summed E-state index contributed by atoms with van der Waals surface area (Å²) in [7, 11) is 0. The van der Waals surface area contributed by atoms with Gasteiger partial charge >= 0.3 is 0 Å². The third-order valence-electron chi connectivity index (χ3n) is 6.29. The standard InChI is InChI=1S/C30H34.C3H4.CH4/c1-8-14-23(10-3)30(26-19-21-29(6,7)20-18-22(26)5)27(15-9-2)24(11-4)25-16-12-13-17-28(25)30;1-3-2;/h8-10,12-21H,1,3,11H2,2,4-7H3;1H,2H3;1H4/b15-9-,23-14+;;. The highest BCUT2D eigenvalue weighted by Crippen LogP contribution is 2.57. The molecule has 0 bridgehead atoms. The molecule has 0 N–H and O–H groups in total. The van der Waals surface area contributed by atoms with Gasteiger partial charge in [-0.3, -0.25) is 0 Å². The molecule has 1 aromatic carbocycles. The van der Waals surface area contributed by atoms with Crippen molar-refractivity contribution in [3.05, 3.63) is 126 Å². The van der Waals surface area contributed by atoms with E-state index < -0.39 is 5.41 Å². The Morgan fingerprint density at radius 1 is 1.12 bits per heavy atom. The SMILES string of the molecule is C.C#CC.C=C/C=C(\C=C)C1(C2=C(C)C=CC(C)(C)C=C2)C(/C=C\C)=C(CC)c2ccccc21. The van der Waals surface area contributed by atoms with E-state index in [1.165, 1.54) is 33.4 Å². The van der Waals surface area contributed by atoms with Gasteiger partial charge in [-0.1, -0.05) is 120 Å². The largest absolute Gasteiger partial charge is 0.120 e. The quantitative estimate of drug-likeness (QED) is 0.299. The van der Waals surface area contributed by atoms with Crippen molar-refractivity contribution in [1.29, 1.82) is 0 Å². The zero-order valence-corrected chi connectivity index (χ0v) is 21.2. The van der Waals surface area contributed by atoms with E-state index in [1.54, 1.807) is 6.92 Å². The summed E-state index contributed by atoms with van der Waals surface area (Å²) in [4.78, 5) is 0. The van der Waals surface area contributed by atoms with E-state index >= 15 is 0 Å². The zero-order chi connectivity index (χ0) is 24.6. The number of hydrogen-bond donors (Lipinski definition) is 0. The summed E-state index contributed by atoms with van der Waals surface area (Å²) in [5.74, 6) is 2.25. The maximum absolute atomic E-state index is 4.60. The second-order valence-corrected chi connectivity index (χ2v) is 8.98. The molecule has 178 valence electrons. The minimum Gasteiger partial charge on any atom is -0.120 e. The number of terminal acetylenes is 1. The molecule has 0 heteroatoms. The van der Waals surface area contributed by atoms with Gasteiger partial charge in [0.05, 0.1) is 5.41 Å². The summed E-state index contributed by atoms with van der Waals surface area (Å²) in [6, 6.07) is 8.86. The zero-order valence-electron chi connectivity index (χ0n) is 21.2. The van der Waals surface area contributed by atoms with Crippen LogP contribution >= 0.6 is 0 Å². The average Bonchev–Trinajstić information content (AvgIpc) is 2.98. The Kier molecular flexibility index (Phi) is 10.3. The fourth-order valence-corrected chi connectivity index (χ4v) is 4.93. The first-order chi connectivity index (χ1) is 15.8. The van der Waals surface area contributed by atoms with E-state index in [0.29, 0.717) is 0 Å². The van der Waals surface area contributed by atoms with Crippen LogP contribution in [0, 0.1) is 17.8 Å². The lowest BCUT2D eigenvalue weighted by Crippen LogP contribution is -2.31. The summed E-state index contributed by atoms with van der Waals surface area (Å²) in [5, 5.41) is 0. The molecule has 0 fully saturated rings. The Hall–Kier alpha value is -3.30. The third-order valence-corrected chi connectivity index (χ3v) is 6.29. The molecule has 0 spiro atoms. The van der Waals surface area contributed by atoms with Gasteiger partial charge in [-0.25, -0.2) is 0 Å². The van der Waals surface area contributed by atoms with Crippen LogP contribution in [-0.4, -0.2) is 0 Å². The second kappa shape index (κ2) is 12.2. The van der Waals surface area contributed by atoms with Crippen molar-refractivity contribution in [1.82, 2.24) is 0 Å². The molecule has 2 aliphatic rings. The summed E-state index contributed by atoms with van der Waals surface area (Å²) in [5.41, 5.74) is 8.77. The first-order valence-electron chi connectivity index (χ1n) is 11.7. The topological polar surface area (TPSA) is 0 Å². The molecular weight excluding hydrogens is 408 g/mol. The summed E-state index contributed by atoms with van der Waals surface area (Å²) in [6.45, 7) is 21.0. The highest BCUT2D eigenvalue weighted by atomic mass is 14.5. The normalized spacial score (nSPS) is 20.7. The van der Waals surface area contributed by atoms with Crippen LogP contribution in [0.2, 0.25) is 0 Å². The highest BCUT2D eigenvalue weighted by molar-refractivity contribution is 5.88. The molecule has 0 aromatic heterocycles. The van der Waals surface area contributed by atoms with Crippen molar-refractivity contribution in [2.45, 2.75) is 60.8 Å². The molecule has 2 aliphatic carbocycles. The van der Waals surface area contributed by atoms with Crippen molar-refractivity contribution in [2.24, 2.45) is 5.41 Å².